The van der Waals surface area contributed by atoms with Crippen LogP contribution in [-0.2, 0) is 36.2 Å². The average Bonchev–Trinajstić information content (AvgIpc) is 1.87. The van der Waals surface area contributed by atoms with Gasteiger partial charge in [0.2, 0.25) is 5.78 Å². The number of ether oxygens (including phenoxy) is 1. The van der Waals surface area contributed by atoms with Crippen molar-refractivity contribution in [1.82, 2.24) is 0 Å². The molecule has 0 heterocycles. The Hall–Kier alpha value is -0.931. The largest absolute Gasteiger partial charge is 0.384 e. The van der Waals surface area contributed by atoms with Crippen LogP contribution in [0.2, 0.25) is 0 Å². The first kappa shape index (κ1) is 13.6. The van der Waals surface area contributed by atoms with Crippen LogP contribution in [0.25, 0.3) is 0 Å². The van der Waals surface area contributed by atoms with E-state index in [0.29, 0.717) is 0 Å². The van der Waals surface area contributed by atoms with Crippen LogP contribution in [0.15, 0.2) is 12.2 Å². The fraction of sp³-hybridized carbons (Fsp3) is 0.286. The SMILES string of the molecule is C=C(C)C(=O)OC(=O)C(C)=O.[Cu]. The van der Waals surface area contributed by atoms with E-state index in [0.717, 1.165) is 6.92 Å². The normalized spacial score (nSPS) is 7.83. The fourth-order valence-electron chi connectivity index (χ4n) is 0.243. The minimum Gasteiger partial charge on any atom is -0.384 e. The molecule has 0 aliphatic rings. The predicted octanol–water partition coefficient (Wildman–Crippen LogP) is 0.219. The van der Waals surface area contributed by atoms with Crippen LogP contribution < -0.4 is 0 Å². The molecule has 0 spiro atoms. The van der Waals surface area contributed by atoms with E-state index < -0.39 is 17.7 Å². The van der Waals surface area contributed by atoms with Crippen molar-refractivity contribution in [1.29, 1.82) is 0 Å². The molecular formula is C7H8CuO4. The molecule has 0 aliphatic carbocycles. The molecule has 0 fully saturated rings. The molecule has 5 heteroatoms. The Balaban J connectivity index is 0. The second-order valence-corrected chi connectivity index (χ2v) is 2.01. The third-order valence-electron chi connectivity index (χ3n) is 0.821. The summed E-state index contributed by atoms with van der Waals surface area (Å²) >= 11 is 0. The van der Waals surface area contributed by atoms with Gasteiger partial charge in [0.1, 0.15) is 0 Å². The number of ketones is 1. The number of hydrogen-bond acceptors (Lipinski definition) is 4. The van der Waals surface area contributed by atoms with Crippen molar-refractivity contribution in [2.24, 2.45) is 0 Å². The van der Waals surface area contributed by atoms with E-state index in [9.17, 15) is 14.4 Å². The molecule has 0 N–H and O–H groups in total. The molecule has 0 bridgehead atoms. The van der Waals surface area contributed by atoms with E-state index in [4.69, 9.17) is 0 Å². The minimum atomic E-state index is -1.15. The molecule has 71 valence electrons. The maximum Gasteiger partial charge on any atom is 0.382 e. The van der Waals surface area contributed by atoms with Crippen LogP contribution in [0.5, 0.6) is 0 Å². The molecule has 0 saturated heterocycles. The van der Waals surface area contributed by atoms with Crippen LogP contribution in [0.1, 0.15) is 13.8 Å². The molecule has 0 aliphatic heterocycles. The van der Waals surface area contributed by atoms with Gasteiger partial charge in [0.25, 0.3) is 0 Å². The third-order valence-corrected chi connectivity index (χ3v) is 0.821. The summed E-state index contributed by atoms with van der Waals surface area (Å²) in [5.41, 5.74) is 0.0830. The molecule has 0 unspecified atom stereocenters. The van der Waals surface area contributed by atoms with Gasteiger partial charge in [0.05, 0.1) is 0 Å². The number of hydrogen-bond donors (Lipinski definition) is 0. The van der Waals surface area contributed by atoms with Gasteiger partial charge in [-0.05, 0) is 6.92 Å². The Labute approximate surface area is 80.4 Å². The van der Waals surface area contributed by atoms with E-state index in [1.54, 1.807) is 0 Å². The van der Waals surface area contributed by atoms with Crippen molar-refractivity contribution < 1.29 is 36.2 Å². The Morgan fingerprint density at radius 1 is 1.08 bits per heavy atom. The molecule has 0 atom stereocenters. The first-order valence-electron chi connectivity index (χ1n) is 2.87. The first-order valence-corrected chi connectivity index (χ1v) is 2.87. The zero-order chi connectivity index (χ0) is 9.02. The van der Waals surface area contributed by atoms with Crippen molar-refractivity contribution in [2.75, 3.05) is 0 Å². The Morgan fingerprint density at radius 2 is 1.50 bits per heavy atom. The van der Waals surface area contributed by atoms with Gasteiger partial charge >= 0.3 is 11.9 Å². The average molecular weight is 220 g/mol. The molecule has 4 nitrogen and oxygen atoms in total. The van der Waals surface area contributed by atoms with Crippen LogP contribution in [0.4, 0.5) is 0 Å². The molecule has 1 radical (unpaired) electrons. The first-order chi connectivity index (χ1) is 4.95. The molecule has 0 rings (SSSR count). The smallest absolute Gasteiger partial charge is 0.382 e. The summed E-state index contributed by atoms with van der Waals surface area (Å²) < 4.78 is 4.05. The van der Waals surface area contributed by atoms with Gasteiger partial charge in [-0.3, -0.25) is 4.79 Å². The molecule has 0 saturated carbocycles. The molecule has 12 heavy (non-hydrogen) atoms. The number of carbonyl (C=O) groups excluding carboxylic acids is 3. The maximum atomic E-state index is 10.6. The van der Waals surface area contributed by atoms with Crippen molar-refractivity contribution >= 4 is 17.7 Å². The molecular weight excluding hydrogens is 212 g/mol. The van der Waals surface area contributed by atoms with E-state index >= 15 is 0 Å². The molecule has 0 aromatic heterocycles. The third kappa shape index (κ3) is 4.82. The minimum absolute atomic E-state index is 0. The Morgan fingerprint density at radius 3 is 1.75 bits per heavy atom. The summed E-state index contributed by atoms with van der Waals surface area (Å²) in [5.74, 6) is -2.83. The standard InChI is InChI=1S/C7H8O4.Cu/c1-4(2)6(9)11-7(10)5(3)8;/h1H2,2-3H3;. The van der Waals surface area contributed by atoms with Crippen molar-refractivity contribution in [3.8, 4) is 0 Å². The Kier molecular flexibility index (Phi) is 6.47. The van der Waals surface area contributed by atoms with Gasteiger partial charge < -0.3 is 4.74 Å². The van der Waals surface area contributed by atoms with Gasteiger partial charge in [-0.1, -0.05) is 6.58 Å². The van der Waals surface area contributed by atoms with Crippen molar-refractivity contribution in [3.05, 3.63) is 12.2 Å². The second kappa shape index (κ2) is 5.69. The summed E-state index contributed by atoms with van der Waals surface area (Å²) in [6, 6.07) is 0. The quantitative estimate of drug-likeness (QED) is 0.219. The van der Waals surface area contributed by atoms with Gasteiger partial charge in [-0.15, -0.1) is 0 Å². The van der Waals surface area contributed by atoms with E-state index in [2.05, 4.69) is 11.3 Å². The van der Waals surface area contributed by atoms with Gasteiger partial charge in [0, 0.05) is 29.6 Å². The van der Waals surface area contributed by atoms with Crippen molar-refractivity contribution in [2.45, 2.75) is 13.8 Å². The van der Waals surface area contributed by atoms with E-state index in [1.165, 1.54) is 6.92 Å². The monoisotopic (exact) mass is 219 g/mol. The molecule has 0 aromatic rings. The maximum absolute atomic E-state index is 10.6. The summed E-state index contributed by atoms with van der Waals surface area (Å²) in [6.45, 7) is 5.64. The van der Waals surface area contributed by atoms with E-state index in [-0.39, 0.29) is 22.6 Å². The van der Waals surface area contributed by atoms with Gasteiger partial charge in [-0.25, -0.2) is 9.59 Å². The summed E-state index contributed by atoms with van der Waals surface area (Å²) in [5, 5.41) is 0. The van der Waals surface area contributed by atoms with Crippen LogP contribution >= 0.6 is 0 Å². The fourth-order valence-corrected chi connectivity index (χ4v) is 0.243. The summed E-state index contributed by atoms with van der Waals surface area (Å²) in [7, 11) is 0. The van der Waals surface area contributed by atoms with Crippen LogP contribution in [-0.4, -0.2) is 17.7 Å². The summed E-state index contributed by atoms with van der Waals surface area (Å²) in [4.78, 5) is 31.2. The predicted molar refractivity (Wildman–Crippen MR) is 36.6 cm³/mol. The second-order valence-electron chi connectivity index (χ2n) is 2.01. The number of rotatable bonds is 2. The van der Waals surface area contributed by atoms with Crippen molar-refractivity contribution in [3.63, 3.8) is 0 Å². The Bertz CT molecular complexity index is 208. The van der Waals surface area contributed by atoms with Crippen LogP contribution in [0.3, 0.4) is 0 Å². The van der Waals surface area contributed by atoms with Crippen LogP contribution in [0, 0.1) is 0 Å². The molecule has 0 amide bonds. The summed E-state index contributed by atoms with van der Waals surface area (Å²) in [6.07, 6.45) is 0. The number of carbonyl (C=O) groups is 3. The zero-order valence-electron chi connectivity index (χ0n) is 6.64. The molecule has 0 aromatic carbocycles. The number of Topliss-reactive ketones (excluding diaryl/α,β-unsaturated/α-hetero) is 1. The zero-order valence-corrected chi connectivity index (χ0v) is 7.58. The van der Waals surface area contributed by atoms with Gasteiger partial charge in [-0.2, -0.15) is 0 Å². The van der Waals surface area contributed by atoms with E-state index in [1.807, 2.05) is 0 Å². The van der Waals surface area contributed by atoms with Gasteiger partial charge in [0.15, 0.2) is 0 Å². The topological polar surface area (TPSA) is 60.4 Å². The number of esters is 2.